The summed E-state index contributed by atoms with van der Waals surface area (Å²) in [6.45, 7) is 0.785. The molecule has 2 aromatic heterocycles. The fraction of sp³-hybridized carbons (Fsp3) is 0.143. The summed E-state index contributed by atoms with van der Waals surface area (Å²) >= 11 is 0. The molecule has 0 spiro atoms. The first-order valence-corrected chi connectivity index (χ1v) is 8.84. The Hall–Kier alpha value is -3.54. The van der Waals surface area contributed by atoms with Crippen molar-refractivity contribution in [2.75, 3.05) is 24.3 Å². The number of benzene rings is 2. The van der Waals surface area contributed by atoms with Gasteiger partial charge in [0.15, 0.2) is 0 Å². The first-order valence-electron chi connectivity index (χ1n) is 8.84. The smallest absolute Gasteiger partial charge is 0.142 e. The van der Waals surface area contributed by atoms with Crippen LogP contribution in [0, 0.1) is 0 Å². The number of anilines is 3. The fourth-order valence-electron chi connectivity index (χ4n) is 3.07. The van der Waals surface area contributed by atoms with Crippen molar-refractivity contribution < 1.29 is 4.74 Å². The Bertz CT molecular complexity index is 1040. The predicted octanol–water partition coefficient (Wildman–Crippen LogP) is 4.36. The molecule has 136 valence electrons. The molecular weight excluding hydrogens is 338 g/mol. The van der Waals surface area contributed by atoms with Crippen LogP contribution in [0.4, 0.5) is 17.3 Å². The highest BCUT2D eigenvalue weighted by Gasteiger charge is 2.05. The zero-order chi connectivity index (χ0) is 18.5. The number of methoxy groups -OCH3 is 1. The minimum Gasteiger partial charge on any atom is -0.495 e. The summed E-state index contributed by atoms with van der Waals surface area (Å²) in [5.74, 6) is 2.26. The molecule has 0 atom stereocenters. The predicted molar refractivity (Wildman–Crippen MR) is 109 cm³/mol. The summed E-state index contributed by atoms with van der Waals surface area (Å²) in [6.07, 6.45) is 4.52. The monoisotopic (exact) mass is 359 g/mol. The molecule has 2 aromatic carbocycles. The molecule has 0 saturated carbocycles. The van der Waals surface area contributed by atoms with E-state index < -0.39 is 0 Å². The molecule has 0 saturated heterocycles. The van der Waals surface area contributed by atoms with Gasteiger partial charge in [-0.15, -0.1) is 0 Å². The third-order valence-electron chi connectivity index (χ3n) is 4.41. The largest absolute Gasteiger partial charge is 0.495 e. The molecular formula is C21H21N5O. The van der Waals surface area contributed by atoms with Crippen LogP contribution in [0.5, 0.6) is 5.75 Å². The van der Waals surface area contributed by atoms with Crippen LogP contribution < -0.4 is 15.4 Å². The summed E-state index contributed by atoms with van der Waals surface area (Å²) in [7, 11) is 1.65. The topological polar surface area (TPSA) is 74.9 Å². The number of ether oxygens (including phenoxy) is 1. The van der Waals surface area contributed by atoms with Gasteiger partial charge in [-0.3, -0.25) is 0 Å². The number of rotatable bonds is 7. The summed E-state index contributed by atoms with van der Waals surface area (Å²) < 4.78 is 5.36. The fourth-order valence-corrected chi connectivity index (χ4v) is 3.07. The molecule has 0 fully saturated rings. The van der Waals surface area contributed by atoms with Crippen LogP contribution in [-0.2, 0) is 6.42 Å². The zero-order valence-corrected chi connectivity index (χ0v) is 15.1. The maximum atomic E-state index is 5.36. The van der Waals surface area contributed by atoms with Gasteiger partial charge >= 0.3 is 0 Å². The molecule has 3 N–H and O–H groups in total. The lowest BCUT2D eigenvalue weighted by atomic mass is 10.1. The molecule has 6 heteroatoms. The first-order chi connectivity index (χ1) is 13.3. The average Bonchev–Trinajstić information content (AvgIpc) is 3.12. The molecule has 2 heterocycles. The van der Waals surface area contributed by atoms with Crippen LogP contribution in [0.25, 0.3) is 10.9 Å². The second-order valence-corrected chi connectivity index (χ2v) is 6.15. The van der Waals surface area contributed by atoms with E-state index in [9.17, 15) is 0 Å². The van der Waals surface area contributed by atoms with Gasteiger partial charge in [0.25, 0.3) is 0 Å². The van der Waals surface area contributed by atoms with Gasteiger partial charge in [-0.25, -0.2) is 9.97 Å². The molecule has 4 rings (SSSR count). The number of aromatic nitrogens is 3. The normalized spacial score (nSPS) is 10.7. The highest BCUT2D eigenvalue weighted by Crippen LogP contribution is 2.26. The summed E-state index contributed by atoms with van der Waals surface area (Å²) in [4.78, 5) is 11.9. The summed E-state index contributed by atoms with van der Waals surface area (Å²) in [6, 6.07) is 18.0. The van der Waals surface area contributed by atoms with Crippen molar-refractivity contribution in [2.24, 2.45) is 0 Å². The quantitative estimate of drug-likeness (QED) is 0.457. The molecule has 0 aliphatic carbocycles. The average molecular weight is 359 g/mol. The van der Waals surface area contributed by atoms with E-state index in [2.05, 4.69) is 50.0 Å². The molecule has 4 aromatic rings. The number of fused-ring (bicyclic) bond motifs is 1. The van der Waals surface area contributed by atoms with Crippen LogP contribution >= 0.6 is 0 Å². The number of H-pyrrole nitrogens is 1. The number of nitrogens with zero attached hydrogens (tertiary/aromatic N) is 2. The standard InChI is InChI=1S/C21H21N5O/c1-27-19-9-5-4-8-18(19)26-21-12-20(24-14-25-21)22-11-10-15-13-23-17-7-3-2-6-16(15)17/h2-9,12-14,23H,10-11H2,1H3,(H2,22,24,25,26). The molecule has 0 bridgehead atoms. The Balaban J connectivity index is 1.41. The number of hydrogen-bond donors (Lipinski definition) is 3. The van der Waals surface area contributed by atoms with Crippen molar-refractivity contribution in [3.8, 4) is 5.75 Å². The molecule has 0 amide bonds. The van der Waals surface area contributed by atoms with Crippen LogP contribution in [0.2, 0.25) is 0 Å². The lowest BCUT2D eigenvalue weighted by Crippen LogP contribution is -2.07. The van der Waals surface area contributed by atoms with Crippen molar-refractivity contribution in [3.05, 3.63) is 72.7 Å². The van der Waals surface area contributed by atoms with E-state index >= 15 is 0 Å². The van der Waals surface area contributed by atoms with Crippen LogP contribution in [-0.4, -0.2) is 28.6 Å². The van der Waals surface area contributed by atoms with Gasteiger partial charge in [-0.05, 0) is 30.2 Å². The molecule has 27 heavy (non-hydrogen) atoms. The van der Waals surface area contributed by atoms with E-state index in [1.165, 1.54) is 10.9 Å². The van der Waals surface area contributed by atoms with E-state index in [-0.39, 0.29) is 0 Å². The molecule has 6 nitrogen and oxygen atoms in total. The molecule has 0 unspecified atom stereocenters. The van der Waals surface area contributed by atoms with Crippen LogP contribution in [0.3, 0.4) is 0 Å². The summed E-state index contributed by atoms with van der Waals surface area (Å²) in [5.41, 5.74) is 3.32. The van der Waals surface area contributed by atoms with Gasteiger partial charge in [0.1, 0.15) is 23.7 Å². The second kappa shape index (κ2) is 7.78. The Kier molecular flexibility index (Phi) is 4.87. The number of nitrogens with one attached hydrogen (secondary N) is 3. The highest BCUT2D eigenvalue weighted by molar-refractivity contribution is 5.83. The van der Waals surface area contributed by atoms with Crippen molar-refractivity contribution in [2.45, 2.75) is 6.42 Å². The van der Waals surface area contributed by atoms with E-state index in [1.54, 1.807) is 13.4 Å². The van der Waals surface area contributed by atoms with Gasteiger partial charge in [-0.1, -0.05) is 30.3 Å². The van der Waals surface area contributed by atoms with Crippen molar-refractivity contribution in [1.29, 1.82) is 0 Å². The Morgan fingerprint density at radius 2 is 1.81 bits per heavy atom. The van der Waals surface area contributed by atoms with Crippen molar-refractivity contribution in [3.63, 3.8) is 0 Å². The number of aromatic amines is 1. The highest BCUT2D eigenvalue weighted by atomic mass is 16.5. The van der Waals surface area contributed by atoms with E-state index in [1.807, 2.05) is 36.4 Å². The third-order valence-corrected chi connectivity index (χ3v) is 4.41. The van der Waals surface area contributed by atoms with E-state index in [0.29, 0.717) is 5.82 Å². The minimum absolute atomic E-state index is 0.712. The van der Waals surface area contributed by atoms with Crippen LogP contribution in [0.15, 0.2) is 67.1 Å². The van der Waals surface area contributed by atoms with Crippen molar-refractivity contribution >= 4 is 28.2 Å². The van der Waals surface area contributed by atoms with Gasteiger partial charge in [0.05, 0.1) is 12.8 Å². The first kappa shape index (κ1) is 16.9. The molecule has 0 aliphatic heterocycles. The Morgan fingerprint density at radius 3 is 2.74 bits per heavy atom. The Labute approximate surface area is 157 Å². The number of para-hydroxylation sites is 3. The third kappa shape index (κ3) is 3.84. The van der Waals surface area contributed by atoms with Crippen molar-refractivity contribution in [1.82, 2.24) is 15.0 Å². The van der Waals surface area contributed by atoms with Gasteiger partial charge in [0.2, 0.25) is 0 Å². The van der Waals surface area contributed by atoms with Gasteiger partial charge < -0.3 is 20.4 Å². The second-order valence-electron chi connectivity index (χ2n) is 6.15. The molecule has 0 aliphatic rings. The number of hydrogen-bond acceptors (Lipinski definition) is 5. The SMILES string of the molecule is COc1ccccc1Nc1cc(NCCc2c[nH]c3ccccc23)ncn1. The summed E-state index contributed by atoms with van der Waals surface area (Å²) in [5, 5.41) is 7.90. The Morgan fingerprint density at radius 1 is 1.00 bits per heavy atom. The van der Waals surface area contributed by atoms with Gasteiger partial charge in [-0.2, -0.15) is 0 Å². The van der Waals surface area contributed by atoms with E-state index in [0.717, 1.165) is 35.7 Å². The van der Waals surface area contributed by atoms with Gasteiger partial charge in [0, 0.05) is 29.7 Å². The maximum absolute atomic E-state index is 5.36. The minimum atomic E-state index is 0.712. The zero-order valence-electron chi connectivity index (χ0n) is 15.1. The van der Waals surface area contributed by atoms with E-state index in [4.69, 9.17) is 4.74 Å². The molecule has 0 radical (unpaired) electrons. The lowest BCUT2D eigenvalue weighted by Gasteiger charge is -2.11. The lowest BCUT2D eigenvalue weighted by molar-refractivity contribution is 0.417. The maximum Gasteiger partial charge on any atom is 0.142 e. The van der Waals surface area contributed by atoms with Crippen LogP contribution in [0.1, 0.15) is 5.56 Å².